The van der Waals surface area contributed by atoms with Gasteiger partial charge in [0.1, 0.15) is 0 Å². The van der Waals surface area contributed by atoms with Gasteiger partial charge in [0.05, 0.1) is 6.61 Å². The lowest BCUT2D eigenvalue weighted by molar-refractivity contribution is 0.242. The number of piperidine rings is 1. The lowest BCUT2D eigenvalue weighted by atomic mass is 10.2. The van der Waals surface area contributed by atoms with Crippen molar-refractivity contribution in [3.63, 3.8) is 0 Å². The molecule has 0 amide bonds. The highest BCUT2D eigenvalue weighted by Gasteiger charge is 2.47. The lowest BCUT2D eigenvalue weighted by Crippen LogP contribution is -2.29. The monoisotopic (exact) mass is 113 g/mol. The molecule has 1 aliphatic carbocycles. The van der Waals surface area contributed by atoms with Crippen LogP contribution in [0.4, 0.5) is 0 Å². The van der Waals surface area contributed by atoms with Gasteiger partial charge in [0, 0.05) is 6.04 Å². The quantitative estimate of drug-likeness (QED) is 0.484. The van der Waals surface area contributed by atoms with Gasteiger partial charge in [0.25, 0.3) is 0 Å². The molecule has 1 aliphatic heterocycles. The van der Waals surface area contributed by atoms with Crippen LogP contribution in [0.1, 0.15) is 6.42 Å². The van der Waals surface area contributed by atoms with Crippen LogP contribution in [0.5, 0.6) is 0 Å². The summed E-state index contributed by atoms with van der Waals surface area (Å²) in [4.78, 5) is 0. The van der Waals surface area contributed by atoms with E-state index in [-0.39, 0.29) is 0 Å². The van der Waals surface area contributed by atoms with Crippen LogP contribution in [0, 0.1) is 11.8 Å². The van der Waals surface area contributed by atoms with E-state index in [0.717, 1.165) is 18.4 Å². The lowest BCUT2D eigenvalue weighted by Gasteiger charge is -2.06. The van der Waals surface area contributed by atoms with Crippen molar-refractivity contribution >= 4 is 0 Å². The van der Waals surface area contributed by atoms with E-state index < -0.39 is 0 Å². The van der Waals surface area contributed by atoms with Crippen molar-refractivity contribution in [1.82, 2.24) is 5.32 Å². The highest BCUT2D eigenvalue weighted by Crippen LogP contribution is 2.44. The minimum atomic E-state index is 0.334. The molecule has 0 spiro atoms. The summed E-state index contributed by atoms with van der Waals surface area (Å²) in [5, 5.41) is 12.0. The average molecular weight is 113 g/mol. The van der Waals surface area contributed by atoms with Crippen molar-refractivity contribution in [1.29, 1.82) is 0 Å². The first-order valence-corrected chi connectivity index (χ1v) is 3.26. The van der Waals surface area contributed by atoms with Crippen molar-refractivity contribution in [3.05, 3.63) is 0 Å². The van der Waals surface area contributed by atoms with Crippen molar-refractivity contribution < 1.29 is 5.11 Å². The van der Waals surface area contributed by atoms with E-state index in [4.69, 9.17) is 5.11 Å². The molecule has 0 aromatic heterocycles. The Balaban J connectivity index is 1.97. The van der Waals surface area contributed by atoms with Gasteiger partial charge in [0.2, 0.25) is 0 Å². The molecule has 1 saturated carbocycles. The van der Waals surface area contributed by atoms with Crippen LogP contribution in [0.15, 0.2) is 0 Å². The Morgan fingerprint density at radius 2 is 2.50 bits per heavy atom. The fourth-order valence-corrected chi connectivity index (χ4v) is 1.65. The SMILES string of the molecule is OC[C@H]1NC[C@H]2C[C@H]21. The summed E-state index contributed by atoms with van der Waals surface area (Å²) in [6.45, 7) is 1.48. The van der Waals surface area contributed by atoms with Crippen LogP contribution < -0.4 is 5.32 Å². The standard InChI is InChI=1S/C6H11NO/c8-3-6-5-1-4(5)2-7-6/h4-8H,1-3H2/t4-,5-,6-/m1/s1. The van der Waals surface area contributed by atoms with Gasteiger partial charge in [0.15, 0.2) is 0 Å². The fourth-order valence-electron chi connectivity index (χ4n) is 1.65. The molecule has 1 heterocycles. The van der Waals surface area contributed by atoms with Crippen molar-refractivity contribution in [2.75, 3.05) is 13.2 Å². The normalized spacial score (nSPS) is 51.4. The number of fused-ring (bicyclic) bond motifs is 1. The highest BCUT2D eigenvalue weighted by molar-refractivity contribution is 5.01. The van der Waals surface area contributed by atoms with Crippen LogP contribution in [0.3, 0.4) is 0 Å². The second kappa shape index (κ2) is 1.45. The molecule has 46 valence electrons. The second-order valence-electron chi connectivity index (χ2n) is 2.86. The molecule has 2 heteroatoms. The van der Waals surface area contributed by atoms with E-state index in [1.165, 1.54) is 6.42 Å². The third-order valence-corrected chi connectivity index (χ3v) is 2.33. The fraction of sp³-hybridized carbons (Fsp3) is 1.00. The number of rotatable bonds is 1. The molecule has 0 radical (unpaired) electrons. The van der Waals surface area contributed by atoms with Crippen molar-refractivity contribution in [3.8, 4) is 0 Å². The zero-order valence-electron chi connectivity index (χ0n) is 4.80. The molecule has 3 atom stereocenters. The Kier molecular flexibility index (Phi) is 0.866. The molecule has 8 heavy (non-hydrogen) atoms. The molecule has 2 fully saturated rings. The molecule has 1 saturated heterocycles. The second-order valence-corrected chi connectivity index (χ2v) is 2.86. The van der Waals surface area contributed by atoms with Gasteiger partial charge < -0.3 is 10.4 Å². The Morgan fingerprint density at radius 1 is 1.62 bits per heavy atom. The molecule has 2 rings (SSSR count). The summed E-state index contributed by atoms with van der Waals surface area (Å²) in [6, 6.07) is 0.444. The van der Waals surface area contributed by atoms with Gasteiger partial charge in [-0.1, -0.05) is 0 Å². The van der Waals surface area contributed by atoms with Crippen LogP contribution in [-0.4, -0.2) is 24.3 Å². The van der Waals surface area contributed by atoms with E-state index in [1.54, 1.807) is 0 Å². The van der Waals surface area contributed by atoms with Gasteiger partial charge in [-0.2, -0.15) is 0 Å². The average Bonchev–Trinajstić information content (AvgIpc) is 2.46. The topological polar surface area (TPSA) is 32.3 Å². The first-order valence-electron chi connectivity index (χ1n) is 3.26. The van der Waals surface area contributed by atoms with Gasteiger partial charge in [-0.15, -0.1) is 0 Å². The third-order valence-electron chi connectivity index (χ3n) is 2.33. The molecule has 2 aliphatic rings. The van der Waals surface area contributed by atoms with Crippen LogP contribution in [0.25, 0.3) is 0 Å². The molecule has 0 aromatic rings. The van der Waals surface area contributed by atoms with Crippen LogP contribution in [-0.2, 0) is 0 Å². The number of hydrogen-bond acceptors (Lipinski definition) is 2. The maximum absolute atomic E-state index is 8.70. The van der Waals surface area contributed by atoms with E-state index >= 15 is 0 Å². The summed E-state index contributed by atoms with van der Waals surface area (Å²) >= 11 is 0. The third kappa shape index (κ3) is 0.501. The predicted molar refractivity (Wildman–Crippen MR) is 30.5 cm³/mol. The van der Waals surface area contributed by atoms with Gasteiger partial charge >= 0.3 is 0 Å². The summed E-state index contributed by atoms with van der Waals surface area (Å²) < 4.78 is 0. The number of hydrogen-bond donors (Lipinski definition) is 2. The Hall–Kier alpha value is -0.0800. The molecule has 2 N–H and O–H groups in total. The summed E-state index contributed by atoms with van der Waals surface area (Å²) in [5.41, 5.74) is 0. The zero-order chi connectivity index (χ0) is 5.56. The Morgan fingerprint density at radius 3 is 2.75 bits per heavy atom. The van der Waals surface area contributed by atoms with Gasteiger partial charge in [-0.05, 0) is 24.8 Å². The first-order chi connectivity index (χ1) is 3.92. The molecule has 0 aromatic carbocycles. The summed E-state index contributed by atoms with van der Waals surface area (Å²) in [6.07, 6.45) is 1.36. The number of aliphatic hydroxyl groups is 1. The summed E-state index contributed by atoms with van der Waals surface area (Å²) in [5.74, 6) is 1.76. The molecule has 0 unspecified atom stereocenters. The highest BCUT2D eigenvalue weighted by atomic mass is 16.3. The predicted octanol–water partition coefficient (Wildman–Crippen LogP) is -0.413. The molecular formula is C6H11NO. The Bertz CT molecular complexity index is 105. The maximum atomic E-state index is 8.70. The smallest absolute Gasteiger partial charge is 0.0587 e. The zero-order valence-corrected chi connectivity index (χ0v) is 4.80. The van der Waals surface area contributed by atoms with E-state index in [9.17, 15) is 0 Å². The van der Waals surface area contributed by atoms with Crippen molar-refractivity contribution in [2.45, 2.75) is 12.5 Å². The minimum Gasteiger partial charge on any atom is -0.395 e. The minimum absolute atomic E-state index is 0.334. The molecule has 0 bridgehead atoms. The number of nitrogens with one attached hydrogen (secondary N) is 1. The summed E-state index contributed by atoms with van der Waals surface area (Å²) in [7, 11) is 0. The largest absolute Gasteiger partial charge is 0.395 e. The van der Waals surface area contributed by atoms with Crippen LogP contribution >= 0.6 is 0 Å². The van der Waals surface area contributed by atoms with Gasteiger partial charge in [-0.3, -0.25) is 0 Å². The molecule has 2 nitrogen and oxygen atoms in total. The van der Waals surface area contributed by atoms with E-state index in [0.29, 0.717) is 12.6 Å². The number of aliphatic hydroxyl groups excluding tert-OH is 1. The Labute approximate surface area is 48.9 Å². The maximum Gasteiger partial charge on any atom is 0.0587 e. The van der Waals surface area contributed by atoms with Crippen molar-refractivity contribution in [2.24, 2.45) is 11.8 Å². The van der Waals surface area contributed by atoms with Gasteiger partial charge in [-0.25, -0.2) is 0 Å². The van der Waals surface area contributed by atoms with Crippen LogP contribution in [0.2, 0.25) is 0 Å². The van der Waals surface area contributed by atoms with E-state index in [1.807, 2.05) is 0 Å². The molecular weight excluding hydrogens is 102 g/mol. The first kappa shape index (κ1) is 4.77. The van der Waals surface area contributed by atoms with E-state index in [2.05, 4.69) is 5.32 Å².